The van der Waals surface area contributed by atoms with Gasteiger partial charge in [-0.2, -0.15) is 0 Å². The molecule has 0 heterocycles. The van der Waals surface area contributed by atoms with Crippen LogP contribution in [0.2, 0.25) is 5.02 Å². The summed E-state index contributed by atoms with van der Waals surface area (Å²) in [5, 5.41) is 3.28. The van der Waals surface area contributed by atoms with Crippen LogP contribution >= 0.6 is 11.6 Å². The molecule has 2 rings (SSSR count). The van der Waals surface area contributed by atoms with Gasteiger partial charge in [0.05, 0.1) is 14.2 Å². The summed E-state index contributed by atoms with van der Waals surface area (Å²) in [4.78, 5) is 24.3. The lowest BCUT2D eigenvalue weighted by Crippen LogP contribution is -2.35. The molecule has 0 aliphatic heterocycles. The normalized spacial score (nSPS) is 11.4. The fourth-order valence-electron chi connectivity index (χ4n) is 2.66. The van der Waals surface area contributed by atoms with E-state index in [1.165, 1.54) is 6.92 Å². The SMILES string of the molecule is COc1cccc(CCC(=O)O[C@@H](C)C(=O)NCc2ccccc2Cl)c1OC. The standard InChI is InChI=1S/C21H24ClNO5/c1-14(21(25)23-13-16-7-4-5-9-17(16)22)28-19(24)12-11-15-8-6-10-18(26-2)20(15)27-3/h4-10,14H,11-13H2,1-3H3,(H,23,25)/t14-/m0/s1. The Bertz CT molecular complexity index is 824. The molecular formula is C21H24ClNO5. The molecule has 0 spiro atoms. The summed E-state index contributed by atoms with van der Waals surface area (Å²) in [6, 6.07) is 12.7. The maximum absolute atomic E-state index is 12.2. The fraction of sp³-hybridized carbons (Fsp3) is 0.333. The number of aryl methyl sites for hydroxylation is 1. The van der Waals surface area contributed by atoms with Gasteiger partial charge in [-0.3, -0.25) is 9.59 Å². The first-order valence-corrected chi connectivity index (χ1v) is 9.24. The lowest BCUT2D eigenvalue weighted by Gasteiger charge is -2.15. The predicted octanol–water partition coefficient (Wildman–Crippen LogP) is 3.54. The van der Waals surface area contributed by atoms with Crippen molar-refractivity contribution < 1.29 is 23.8 Å². The summed E-state index contributed by atoms with van der Waals surface area (Å²) in [6.45, 7) is 1.80. The number of carbonyl (C=O) groups is 2. The molecule has 0 radical (unpaired) electrons. The second kappa shape index (κ2) is 10.6. The van der Waals surface area contributed by atoms with Crippen LogP contribution in [0, 0.1) is 0 Å². The molecule has 1 N–H and O–H groups in total. The summed E-state index contributed by atoms with van der Waals surface area (Å²) in [5.41, 5.74) is 1.62. The van der Waals surface area contributed by atoms with Crippen molar-refractivity contribution in [3.05, 3.63) is 58.6 Å². The van der Waals surface area contributed by atoms with E-state index in [-0.39, 0.29) is 18.9 Å². The fourth-order valence-corrected chi connectivity index (χ4v) is 2.87. The highest BCUT2D eigenvalue weighted by molar-refractivity contribution is 6.31. The number of esters is 1. The lowest BCUT2D eigenvalue weighted by atomic mass is 10.1. The van der Waals surface area contributed by atoms with Gasteiger partial charge < -0.3 is 19.5 Å². The number of methoxy groups -OCH3 is 2. The van der Waals surface area contributed by atoms with Crippen LogP contribution in [0.3, 0.4) is 0 Å². The average Bonchev–Trinajstić information content (AvgIpc) is 2.70. The molecular weight excluding hydrogens is 382 g/mol. The third-order valence-electron chi connectivity index (χ3n) is 4.17. The van der Waals surface area contributed by atoms with Crippen molar-refractivity contribution in [3.8, 4) is 11.5 Å². The predicted molar refractivity (Wildman–Crippen MR) is 107 cm³/mol. The number of hydrogen-bond acceptors (Lipinski definition) is 5. The molecule has 0 bridgehead atoms. The molecule has 2 aromatic carbocycles. The van der Waals surface area contributed by atoms with Crippen LogP contribution in [-0.4, -0.2) is 32.2 Å². The van der Waals surface area contributed by atoms with Crippen LogP contribution in [0.4, 0.5) is 0 Å². The van der Waals surface area contributed by atoms with Crippen LogP contribution in [-0.2, 0) is 27.3 Å². The quantitative estimate of drug-likeness (QED) is 0.646. The molecule has 1 amide bonds. The first-order valence-electron chi connectivity index (χ1n) is 8.86. The summed E-state index contributed by atoms with van der Waals surface area (Å²) < 4.78 is 15.8. The number of hydrogen-bond donors (Lipinski definition) is 1. The number of benzene rings is 2. The monoisotopic (exact) mass is 405 g/mol. The van der Waals surface area contributed by atoms with Crippen LogP contribution < -0.4 is 14.8 Å². The Morgan fingerprint density at radius 2 is 1.75 bits per heavy atom. The molecule has 0 saturated heterocycles. The third kappa shape index (κ3) is 5.89. The van der Waals surface area contributed by atoms with Gasteiger partial charge in [-0.1, -0.05) is 41.9 Å². The van der Waals surface area contributed by atoms with Crippen molar-refractivity contribution in [3.63, 3.8) is 0 Å². The second-order valence-corrected chi connectivity index (χ2v) is 6.50. The number of para-hydroxylation sites is 1. The smallest absolute Gasteiger partial charge is 0.306 e. The number of ether oxygens (including phenoxy) is 3. The van der Waals surface area contributed by atoms with E-state index in [0.717, 1.165) is 11.1 Å². The van der Waals surface area contributed by atoms with E-state index in [4.69, 9.17) is 25.8 Å². The highest BCUT2D eigenvalue weighted by Gasteiger charge is 2.18. The number of carbonyl (C=O) groups excluding carboxylic acids is 2. The van der Waals surface area contributed by atoms with Crippen molar-refractivity contribution in [1.82, 2.24) is 5.32 Å². The Kier molecular flexibility index (Phi) is 8.14. The molecule has 0 saturated carbocycles. The molecule has 0 unspecified atom stereocenters. The van der Waals surface area contributed by atoms with E-state index in [0.29, 0.717) is 22.9 Å². The van der Waals surface area contributed by atoms with Gasteiger partial charge in [0.25, 0.3) is 5.91 Å². The summed E-state index contributed by atoms with van der Waals surface area (Å²) in [5.74, 6) is 0.335. The Hall–Kier alpha value is -2.73. The van der Waals surface area contributed by atoms with Crippen molar-refractivity contribution in [1.29, 1.82) is 0 Å². The molecule has 1 atom stereocenters. The third-order valence-corrected chi connectivity index (χ3v) is 4.54. The summed E-state index contributed by atoms with van der Waals surface area (Å²) >= 11 is 6.06. The molecule has 2 aromatic rings. The van der Waals surface area contributed by atoms with E-state index in [1.807, 2.05) is 30.3 Å². The van der Waals surface area contributed by atoms with Crippen molar-refractivity contribution in [2.24, 2.45) is 0 Å². The zero-order valence-electron chi connectivity index (χ0n) is 16.2. The Morgan fingerprint density at radius 3 is 2.43 bits per heavy atom. The van der Waals surface area contributed by atoms with Gasteiger partial charge in [0.15, 0.2) is 17.6 Å². The minimum absolute atomic E-state index is 0.117. The van der Waals surface area contributed by atoms with Gasteiger partial charge in [0.2, 0.25) is 0 Å². The van der Waals surface area contributed by atoms with Crippen LogP contribution in [0.15, 0.2) is 42.5 Å². The van der Waals surface area contributed by atoms with E-state index < -0.39 is 12.1 Å². The molecule has 6 nitrogen and oxygen atoms in total. The highest BCUT2D eigenvalue weighted by atomic mass is 35.5. The van der Waals surface area contributed by atoms with Crippen molar-refractivity contribution in [2.45, 2.75) is 32.4 Å². The summed E-state index contributed by atoms with van der Waals surface area (Å²) in [7, 11) is 3.10. The van der Waals surface area contributed by atoms with Gasteiger partial charge in [0, 0.05) is 18.0 Å². The molecule has 150 valence electrons. The Labute approximate surface area is 169 Å². The van der Waals surface area contributed by atoms with Crippen LogP contribution in [0.25, 0.3) is 0 Å². The summed E-state index contributed by atoms with van der Waals surface area (Å²) in [6.07, 6.45) is -0.374. The van der Waals surface area contributed by atoms with E-state index in [9.17, 15) is 9.59 Å². The average molecular weight is 406 g/mol. The molecule has 0 aliphatic rings. The largest absolute Gasteiger partial charge is 0.493 e. The second-order valence-electron chi connectivity index (χ2n) is 6.09. The van der Waals surface area contributed by atoms with Crippen molar-refractivity contribution >= 4 is 23.5 Å². The lowest BCUT2D eigenvalue weighted by molar-refractivity contribution is -0.154. The molecule has 7 heteroatoms. The van der Waals surface area contributed by atoms with Gasteiger partial charge >= 0.3 is 5.97 Å². The van der Waals surface area contributed by atoms with Crippen molar-refractivity contribution in [2.75, 3.05) is 14.2 Å². The van der Waals surface area contributed by atoms with Gasteiger partial charge in [0.1, 0.15) is 0 Å². The Morgan fingerprint density at radius 1 is 1.04 bits per heavy atom. The Balaban J connectivity index is 1.84. The van der Waals surface area contributed by atoms with Gasteiger partial charge in [-0.05, 0) is 36.6 Å². The van der Waals surface area contributed by atoms with E-state index in [2.05, 4.69) is 5.32 Å². The maximum atomic E-state index is 12.2. The highest BCUT2D eigenvalue weighted by Crippen LogP contribution is 2.31. The van der Waals surface area contributed by atoms with E-state index >= 15 is 0 Å². The van der Waals surface area contributed by atoms with Gasteiger partial charge in [-0.15, -0.1) is 0 Å². The minimum atomic E-state index is -0.901. The maximum Gasteiger partial charge on any atom is 0.306 e. The zero-order chi connectivity index (χ0) is 20.5. The number of nitrogens with one attached hydrogen (secondary N) is 1. The minimum Gasteiger partial charge on any atom is -0.493 e. The first kappa shape index (κ1) is 21.6. The molecule has 0 aliphatic carbocycles. The van der Waals surface area contributed by atoms with Gasteiger partial charge in [-0.25, -0.2) is 0 Å². The first-order chi connectivity index (χ1) is 13.5. The van der Waals surface area contributed by atoms with Crippen LogP contribution in [0.5, 0.6) is 11.5 Å². The zero-order valence-corrected chi connectivity index (χ0v) is 16.9. The number of rotatable bonds is 9. The molecule has 0 fully saturated rings. The van der Waals surface area contributed by atoms with Crippen LogP contribution in [0.1, 0.15) is 24.5 Å². The molecule has 0 aromatic heterocycles. The van der Waals surface area contributed by atoms with E-state index in [1.54, 1.807) is 26.4 Å². The molecule has 28 heavy (non-hydrogen) atoms. The number of amides is 1. The number of halogens is 1. The topological polar surface area (TPSA) is 73.9 Å².